The van der Waals surface area contributed by atoms with Gasteiger partial charge in [0.25, 0.3) is 0 Å². The molecule has 1 aromatic carbocycles. The molecule has 110 valence electrons. The maximum atomic E-state index is 9.22. The van der Waals surface area contributed by atoms with E-state index in [9.17, 15) is 5.26 Å². The van der Waals surface area contributed by atoms with E-state index in [1.54, 1.807) is 4.68 Å². The van der Waals surface area contributed by atoms with Gasteiger partial charge in [-0.25, -0.2) is 0 Å². The summed E-state index contributed by atoms with van der Waals surface area (Å²) in [7, 11) is 1.88. The first-order valence-electron chi connectivity index (χ1n) is 7.04. The first kappa shape index (κ1) is 14.0. The zero-order chi connectivity index (χ0) is 15.7. The second-order valence-electron chi connectivity index (χ2n) is 5.47. The van der Waals surface area contributed by atoms with Gasteiger partial charge in [-0.05, 0) is 31.5 Å². The summed E-state index contributed by atoms with van der Waals surface area (Å²) in [5, 5.41) is 25.8. The highest BCUT2D eigenvalue weighted by Crippen LogP contribution is 2.28. The van der Waals surface area contributed by atoms with Crippen LogP contribution in [0.2, 0.25) is 0 Å². The molecule has 2 aromatic heterocycles. The van der Waals surface area contributed by atoms with Crippen LogP contribution in [0, 0.1) is 11.3 Å². The van der Waals surface area contributed by atoms with Crippen molar-refractivity contribution in [1.82, 2.24) is 20.0 Å². The molecule has 0 atom stereocenters. The Hall–Kier alpha value is -2.94. The lowest BCUT2D eigenvalue weighted by molar-refractivity contribution is 0.768. The maximum absolute atomic E-state index is 9.22. The van der Waals surface area contributed by atoms with Gasteiger partial charge in [0.05, 0.1) is 17.4 Å². The lowest BCUT2D eigenvalue weighted by Gasteiger charge is -2.13. The number of aryl methyl sites for hydroxylation is 1. The normalized spacial score (nSPS) is 10.9. The van der Waals surface area contributed by atoms with Gasteiger partial charge < -0.3 is 5.32 Å². The zero-order valence-electron chi connectivity index (χ0n) is 12.7. The fourth-order valence-corrected chi connectivity index (χ4v) is 2.37. The Balaban J connectivity index is 2.16. The third-order valence-electron chi connectivity index (χ3n) is 3.34. The Morgan fingerprint density at radius 1 is 1.23 bits per heavy atom. The fraction of sp³-hybridized carbons (Fsp3) is 0.250. The van der Waals surface area contributed by atoms with Crippen molar-refractivity contribution in [2.75, 3.05) is 5.32 Å². The number of benzene rings is 1. The number of hydrogen-bond donors (Lipinski definition) is 1. The van der Waals surface area contributed by atoms with E-state index >= 15 is 0 Å². The maximum Gasteiger partial charge on any atom is 0.186 e. The van der Waals surface area contributed by atoms with Crippen LogP contribution in [0.15, 0.2) is 30.6 Å². The number of rotatable bonds is 3. The minimum absolute atomic E-state index is 0.206. The Bertz CT molecular complexity index is 872. The predicted molar refractivity (Wildman–Crippen MR) is 85.2 cm³/mol. The highest BCUT2D eigenvalue weighted by atomic mass is 15.2. The summed E-state index contributed by atoms with van der Waals surface area (Å²) in [5.41, 5.74) is 3.85. The summed E-state index contributed by atoms with van der Waals surface area (Å²) in [6.07, 6.45) is 3.76. The summed E-state index contributed by atoms with van der Waals surface area (Å²) < 4.78 is 1.76. The smallest absolute Gasteiger partial charge is 0.186 e. The Labute approximate surface area is 128 Å². The SMILES string of the molecule is CC(C)Nc1c(C#N)nnc2cc(-c3cnn(C)c3)ccc12. The van der Waals surface area contributed by atoms with Crippen LogP contribution in [-0.2, 0) is 7.05 Å². The van der Waals surface area contributed by atoms with Gasteiger partial charge in [0, 0.05) is 30.2 Å². The van der Waals surface area contributed by atoms with Crippen LogP contribution in [0.25, 0.3) is 22.0 Å². The molecule has 0 amide bonds. The summed E-state index contributed by atoms with van der Waals surface area (Å²) in [5.74, 6) is 0. The van der Waals surface area contributed by atoms with E-state index in [1.807, 2.05) is 51.5 Å². The van der Waals surface area contributed by atoms with Crippen molar-refractivity contribution in [1.29, 1.82) is 5.26 Å². The van der Waals surface area contributed by atoms with Gasteiger partial charge in [0.15, 0.2) is 5.69 Å². The lowest BCUT2D eigenvalue weighted by Crippen LogP contribution is -2.12. The molecule has 6 heteroatoms. The third-order valence-corrected chi connectivity index (χ3v) is 3.34. The van der Waals surface area contributed by atoms with E-state index in [-0.39, 0.29) is 6.04 Å². The Morgan fingerprint density at radius 3 is 2.68 bits per heavy atom. The molecule has 0 aliphatic heterocycles. The van der Waals surface area contributed by atoms with Crippen molar-refractivity contribution < 1.29 is 0 Å². The third kappa shape index (κ3) is 2.49. The number of anilines is 1. The molecule has 0 bridgehead atoms. The van der Waals surface area contributed by atoms with E-state index in [4.69, 9.17) is 0 Å². The van der Waals surface area contributed by atoms with Crippen LogP contribution in [0.4, 0.5) is 5.69 Å². The van der Waals surface area contributed by atoms with Crippen LogP contribution in [0.5, 0.6) is 0 Å². The van der Waals surface area contributed by atoms with Crippen molar-refractivity contribution >= 4 is 16.6 Å². The van der Waals surface area contributed by atoms with E-state index in [0.29, 0.717) is 5.69 Å². The lowest BCUT2D eigenvalue weighted by atomic mass is 10.1. The second-order valence-corrected chi connectivity index (χ2v) is 5.47. The van der Waals surface area contributed by atoms with Gasteiger partial charge in [0.1, 0.15) is 6.07 Å². The molecule has 0 saturated carbocycles. The number of hydrogen-bond acceptors (Lipinski definition) is 5. The van der Waals surface area contributed by atoms with E-state index in [0.717, 1.165) is 27.7 Å². The monoisotopic (exact) mass is 292 g/mol. The molecule has 0 aliphatic rings. The largest absolute Gasteiger partial charge is 0.380 e. The molecule has 0 saturated heterocycles. The number of aromatic nitrogens is 4. The molecular weight excluding hydrogens is 276 g/mol. The van der Waals surface area contributed by atoms with Crippen LogP contribution < -0.4 is 5.32 Å². The first-order chi connectivity index (χ1) is 10.6. The zero-order valence-corrected chi connectivity index (χ0v) is 12.7. The first-order valence-corrected chi connectivity index (χ1v) is 7.04. The van der Waals surface area contributed by atoms with Gasteiger partial charge in [-0.1, -0.05) is 6.07 Å². The highest BCUT2D eigenvalue weighted by Gasteiger charge is 2.12. The minimum Gasteiger partial charge on any atom is -0.380 e. The molecule has 0 unspecified atom stereocenters. The number of nitriles is 1. The van der Waals surface area contributed by atoms with Gasteiger partial charge >= 0.3 is 0 Å². The van der Waals surface area contributed by atoms with Gasteiger partial charge in [-0.2, -0.15) is 10.4 Å². The van der Waals surface area contributed by atoms with Crippen LogP contribution in [0.1, 0.15) is 19.5 Å². The molecule has 1 N–H and O–H groups in total. The molecular formula is C16H16N6. The molecule has 22 heavy (non-hydrogen) atoms. The van der Waals surface area contributed by atoms with Gasteiger partial charge in [0.2, 0.25) is 0 Å². The standard InChI is InChI=1S/C16H16N6/c1-10(2)19-16-13-5-4-11(12-8-18-22(3)9-12)6-14(13)20-21-15(16)7-17/h4-6,8-10H,1-3H3,(H,19,20). The van der Waals surface area contributed by atoms with Crippen molar-refractivity contribution in [2.24, 2.45) is 7.05 Å². The molecule has 0 aliphatic carbocycles. The minimum atomic E-state index is 0.206. The Kier molecular flexibility index (Phi) is 3.47. The summed E-state index contributed by atoms with van der Waals surface area (Å²) >= 11 is 0. The molecule has 3 rings (SSSR count). The topological polar surface area (TPSA) is 79.4 Å². The molecule has 0 fully saturated rings. The fourth-order valence-electron chi connectivity index (χ4n) is 2.37. The van der Waals surface area contributed by atoms with E-state index in [1.165, 1.54) is 0 Å². The van der Waals surface area contributed by atoms with Crippen LogP contribution in [0.3, 0.4) is 0 Å². The number of nitrogens with zero attached hydrogens (tertiary/aromatic N) is 5. The average molecular weight is 292 g/mol. The molecule has 0 spiro atoms. The molecule has 3 aromatic rings. The van der Waals surface area contributed by atoms with E-state index < -0.39 is 0 Å². The molecule has 2 heterocycles. The van der Waals surface area contributed by atoms with Crippen molar-refractivity contribution in [2.45, 2.75) is 19.9 Å². The number of nitrogens with one attached hydrogen (secondary N) is 1. The molecule has 6 nitrogen and oxygen atoms in total. The molecule has 0 radical (unpaired) electrons. The summed E-state index contributed by atoms with van der Waals surface area (Å²) in [6.45, 7) is 4.05. The number of fused-ring (bicyclic) bond motifs is 1. The van der Waals surface area contributed by atoms with Crippen LogP contribution in [-0.4, -0.2) is 26.0 Å². The van der Waals surface area contributed by atoms with E-state index in [2.05, 4.69) is 26.7 Å². The second kappa shape index (κ2) is 5.45. The van der Waals surface area contributed by atoms with Crippen molar-refractivity contribution in [3.63, 3.8) is 0 Å². The summed E-state index contributed by atoms with van der Waals surface area (Å²) in [6, 6.07) is 8.24. The van der Waals surface area contributed by atoms with Gasteiger partial charge in [-0.15, -0.1) is 10.2 Å². The Morgan fingerprint density at radius 2 is 2.05 bits per heavy atom. The average Bonchev–Trinajstić information content (AvgIpc) is 2.93. The quantitative estimate of drug-likeness (QED) is 0.803. The van der Waals surface area contributed by atoms with Crippen molar-refractivity contribution in [3.05, 3.63) is 36.3 Å². The summed E-state index contributed by atoms with van der Waals surface area (Å²) in [4.78, 5) is 0. The van der Waals surface area contributed by atoms with Crippen LogP contribution >= 0.6 is 0 Å². The predicted octanol–water partition coefficient (Wildman–Crippen LogP) is 2.72. The van der Waals surface area contributed by atoms with Gasteiger partial charge in [-0.3, -0.25) is 4.68 Å². The highest BCUT2D eigenvalue weighted by molar-refractivity contribution is 5.95. The van der Waals surface area contributed by atoms with Crippen molar-refractivity contribution in [3.8, 4) is 17.2 Å².